The number of halogens is 2. The number of nitrogens with two attached hydrogens (primary N) is 1. The number of benzene rings is 1. The fourth-order valence-electron chi connectivity index (χ4n) is 1.91. The molecule has 1 aliphatic heterocycles. The van der Waals surface area contributed by atoms with Gasteiger partial charge in [-0.1, -0.05) is 17.7 Å². The van der Waals surface area contributed by atoms with Crippen molar-refractivity contribution in [3.63, 3.8) is 0 Å². The molecule has 104 valence electrons. The molecular formula is C13H17ClFN3S. The van der Waals surface area contributed by atoms with Crippen molar-refractivity contribution in [1.82, 2.24) is 4.90 Å². The largest absolute Gasteiger partial charge is 0.370 e. The molecule has 0 aromatic heterocycles. The summed E-state index contributed by atoms with van der Waals surface area (Å²) in [5, 5.41) is 0.447. The first kappa shape index (κ1) is 14.5. The highest BCUT2D eigenvalue weighted by molar-refractivity contribution is 7.99. The molecule has 0 saturated carbocycles. The average molecular weight is 302 g/mol. The Morgan fingerprint density at radius 1 is 1.42 bits per heavy atom. The summed E-state index contributed by atoms with van der Waals surface area (Å²) in [7, 11) is 0. The van der Waals surface area contributed by atoms with Crippen LogP contribution in [0.25, 0.3) is 0 Å². The molecule has 1 aromatic carbocycles. The Labute approximate surface area is 122 Å². The monoisotopic (exact) mass is 301 g/mol. The number of nitrogens with zero attached hydrogens (tertiary/aromatic N) is 2. The minimum atomic E-state index is -0.317. The van der Waals surface area contributed by atoms with Gasteiger partial charge in [0.05, 0.1) is 0 Å². The van der Waals surface area contributed by atoms with Crippen molar-refractivity contribution >= 4 is 29.3 Å². The Morgan fingerprint density at radius 3 is 2.84 bits per heavy atom. The lowest BCUT2D eigenvalue weighted by Gasteiger charge is -2.27. The molecule has 1 aromatic rings. The van der Waals surface area contributed by atoms with Crippen molar-refractivity contribution in [3.05, 3.63) is 34.6 Å². The molecule has 2 N–H and O–H groups in total. The molecule has 19 heavy (non-hydrogen) atoms. The fraction of sp³-hybridized carbons (Fsp3) is 0.462. The highest BCUT2D eigenvalue weighted by atomic mass is 35.5. The first-order chi connectivity index (χ1) is 9.16. The number of rotatable bonds is 3. The predicted octanol–water partition coefficient (Wildman–Crippen LogP) is 2.39. The van der Waals surface area contributed by atoms with Gasteiger partial charge in [0.2, 0.25) is 0 Å². The second-order valence-corrected chi connectivity index (χ2v) is 5.96. The number of thioether (sulfide) groups is 1. The van der Waals surface area contributed by atoms with Crippen molar-refractivity contribution in [2.75, 3.05) is 31.1 Å². The van der Waals surface area contributed by atoms with Crippen LogP contribution in [0.2, 0.25) is 5.02 Å². The lowest BCUT2D eigenvalue weighted by molar-refractivity contribution is 0.456. The Morgan fingerprint density at radius 2 is 2.16 bits per heavy atom. The fourth-order valence-corrected chi connectivity index (χ4v) is 3.07. The van der Waals surface area contributed by atoms with E-state index in [0.29, 0.717) is 23.9 Å². The van der Waals surface area contributed by atoms with Crippen molar-refractivity contribution in [2.45, 2.75) is 6.42 Å². The second-order valence-electron chi connectivity index (χ2n) is 4.33. The number of hydrogen-bond acceptors (Lipinski definition) is 2. The third kappa shape index (κ3) is 4.28. The average Bonchev–Trinajstić information content (AvgIpc) is 2.42. The van der Waals surface area contributed by atoms with Gasteiger partial charge in [-0.15, -0.1) is 0 Å². The molecule has 1 fully saturated rings. The predicted molar refractivity (Wildman–Crippen MR) is 80.5 cm³/mol. The van der Waals surface area contributed by atoms with Crippen molar-refractivity contribution < 1.29 is 4.39 Å². The molecule has 0 atom stereocenters. The van der Waals surface area contributed by atoms with Crippen LogP contribution in [-0.4, -0.2) is 42.0 Å². The van der Waals surface area contributed by atoms with Crippen LogP contribution in [0.15, 0.2) is 23.2 Å². The van der Waals surface area contributed by atoms with E-state index in [4.69, 9.17) is 17.3 Å². The highest BCUT2D eigenvalue weighted by Crippen LogP contribution is 2.17. The maximum atomic E-state index is 12.9. The lowest BCUT2D eigenvalue weighted by atomic mass is 10.1. The second kappa shape index (κ2) is 7.01. The molecule has 0 amide bonds. The van der Waals surface area contributed by atoms with Crippen LogP contribution >= 0.6 is 23.4 Å². The lowest BCUT2D eigenvalue weighted by Crippen LogP contribution is -2.42. The quantitative estimate of drug-likeness (QED) is 0.688. The summed E-state index contributed by atoms with van der Waals surface area (Å²) < 4.78 is 12.9. The number of guanidine groups is 1. The smallest absolute Gasteiger partial charge is 0.191 e. The van der Waals surface area contributed by atoms with Crippen LogP contribution in [-0.2, 0) is 6.42 Å². The van der Waals surface area contributed by atoms with E-state index in [1.54, 1.807) is 6.07 Å². The zero-order valence-corrected chi connectivity index (χ0v) is 12.2. The van der Waals surface area contributed by atoms with E-state index < -0.39 is 0 Å². The van der Waals surface area contributed by atoms with Crippen LogP contribution in [0.1, 0.15) is 5.56 Å². The first-order valence-electron chi connectivity index (χ1n) is 6.23. The van der Waals surface area contributed by atoms with Gasteiger partial charge in [0, 0.05) is 36.2 Å². The molecule has 0 bridgehead atoms. The van der Waals surface area contributed by atoms with Crippen LogP contribution in [0.5, 0.6) is 0 Å². The summed E-state index contributed by atoms with van der Waals surface area (Å²) in [6.45, 7) is 2.48. The zero-order valence-electron chi connectivity index (χ0n) is 10.6. The molecule has 6 heteroatoms. The van der Waals surface area contributed by atoms with Crippen LogP contribution in [0.3, 0.4) is 0 Å². The van der Waals surface area contributed by atoms with E-state index in [1.807, 2.05) is 11.8 Å². The van der Waals surface area contributed by atoms with E-state index in [9.17, 15) is 4.39 Å². The molecule has 0 spiro atoms. The van der Waals surface area contributed by atoms with Gasteiger partial charge in [-0.05, 0) is 24.1 Å². The van der Waals surface area contributed by atoms with E-state index in [0.717, 1.165) is 30.2 Å². The number of hydrogen-bond donors (Lipinski definition) is 1. The standard InChI is InChI=1S/C13H17ClFN3S/c14-12-9-11(15)2-1-10(12)3-4-17-13(16)18-5-7-19-8-6-18/h1-2,9H,3-8H2,(H2,16,17). The van der Waals surface area contributed by atoms with Crippen molar-refractivity contribution in [1.29, 1.82) is 0 Å². The molecule has 3 nitrogen and oxygen atoms in total. The van der Waals surface area contributed by atoms with Gasteiger partial charge in [0.1, 0.15) is 5.82 Å². The SMILES string of the molecule is NC(=NCCc1ccc(F)cc1Cl)N1CCSCC1. The third-order valence-electron chi connectivity index (χ3n) is 3.01. The molecule has 1 aliphatic rings. The minimum Gasteiger partial charge on any atom is -0.370 e. The van der Waals surface area contributed by atoms with Gasteiger partial charge in [-0.3, -0.25) is 4.99 Å². The van der Waals surface area contributed by atoms with Gasteiger partial charge in [-0.25, -0.2) is 4.39 Å². The van der Waals surface area contributed by atoms with Gasteiger partial charge in [0.25, 0.3) is 0 Å². The summed E-state index contributed by atoms with van der Waals surface area (Å²) in [6.07, 6.45) is 0.669. The molecular weight excluding hydrogens is 285 g/mol. The summed E-state index contributed by atoms with van der Waals surface area (Å²) >= 11 is 7.90. The minimum absolute atomic E-state index is 0.317. The normalized spacial score (nSPS) is 16.7. The van der Waals surface area contributed by atoms with Gasteiger partial charge < -0.3 is 10.6 Å². The summed E-state index contributed by atoms with van der Waals surface area (Å²) in [6, 6.07) is 4.43. The summed E-state index contributed by atoms with van der Waals surface area (Å²) in [4.78, 5) is 6.47. The molecule has 2 rings (SSSR count). The van der Waals surface area contributed by atoms with Gasteiger partial charge in [0.15, 0.2) is 5.96 Å². The molecule has 0 unspecified atom stereocenters. The van der Waals surface area contributed by atoms with Crippen molar-refractivity contribution in [3.8, 4) is 0 Å². The van der Waals surface area contributed by atoms with Crippen LogP contribution < -0.4 is 5.73 Å². The van der Waals surface area contributed by atoms with Crippen LogP contribution in [0.4, 0.5) is 4.39 Å². The maximum Gasteiger partial charge on any atom is 0.191 e. The van der Waals surface area contributed by atoms with E-state index in [1.165, 1.54) is 12.1 Å². The van der Waals surface area contributed by atoms with Crippen molar-refractivity contribution in [2.24, 2.45) is 10.7 Å². The summed E-state index contributed by atoms with van der Waals surface area (Å²) in [5.74, 6) is 2.47. The topological polar surface area (TPSA) is 41.6 Å². The van der Waals surface area contributed by atoms with E-state index in [2.05, 4.69) is 9.89 Å². The van der Waals surface area contributed by atoms with E-state index >= 15 is 0 Å². The van der Waals surface area contributed by atoms with Gasteiger partial charge in [-0.2, -0.15) is 11.8 Å². The Bertz CT molecular complexity index is 461. The molecule has 0 aliphatic carbocycles. The maximum absolute atomic E-state index is 12.9. The Hall–Kier alpha value is -0.940. The molecule has 1 saturated heterocycles. The first-order valence-corrected chi connectivity index (χ1v) is 7.76. The summed E-state index contributed by atoms with van der Waals surface area (Å²) in [5.41, 5.74) is 6.85. The van der Waals surface area contributed by atoms with Crippen LogP contribution in [0, 0.1) is 5.82 Å². The number of aliphatic imine (C=N–C) groups is 1. The molecule has 0 radical (unpaired) electrons. The van der Waals surface area contributed by atoms with Gasteiger partial charge >= 0.3 is 0 Å². The Kier molecular flexibility index (Phi) is 5.34. The molecule has 1 heterocycles. The zero-order chi connectivity index (χ0) is 13.7. The van der Waals surface area contributed by atoms with E-state index in [-0.39, 0.29) is 5.82 Å². The highest BCUT2D eigenvalue weighted by Gasteiger charge is 2.11. The third-order valence-corrected chi connectivity index (χ3v) is 4.30. The Balaban J connectivity index is 1.87.